The van der Waals surface area contributed by atoms with Crippen molar-refractivity contribution in [2.45, 2.75) is 13.1 Å². The van der Waals surface area contributed by atoms with Gasteiger partial charge >= 0.3 is 0 Å². The Bertz CT molecular complexity index is 699. The molecule has 6 nitrogen and oxygen atoms in total. The average Bonchev–Trinajstić information content (AvgIpc) is 2.62. The Hall–Kier alpha value is -1.55. The normalized spacial score (nSPS) is 10.6. The predicted octanol–water partition coefficient (Wildman–Crippen LogP) is 3.34. The van der Waals surface area contributed by atoms with Crippen LogP contribution in [0.2, 0.25) is 0 Å². The molecule has 2 N–H and O–H groups in total. The lowest BCUT2D eigenvalue weighted by molar-refractivity contribution is 0.352. The van der Waals surface area contributed by atoms with Crippen LogP contribution in [0.1, 0.15) is 11.3 Å². The second-order valence-corrected chi connectivity index (χ2v) is 5.77. The second-order valence-electron chi connectivity index (χ2n) is 4.91. The van der Waals surface area contributed by atoms with E-state index in [9.17, 15) is 0 Å². The van der Waals surface area contributed by atoms with Crippen molar-refractivity contribution < 1.29 is 9.47 Å². The maximum absolute atomic E-state index is 5.36. The fourth-order valence-electron chi connectivity index (χ4n) is 2.16. The van der Waals surface area contributed by atoms with Crippen molar-refractivity contribution in [3.63, 3.8) is 0 Å². The monoisotopic (exact) mass is 520 g/mol. The van der Waals surface area contributed by atoms with E-state index in [-0.39, 0.29) is 24.0 Å². The topological polar surface area (TPSA) is 67.8 Å². The van der Waals surface area contributed by atoms with Gasteiger partial charge < -0.3 is 20.1 Å². The Morgan fingerprint density at radius 1 is 1.16 bits per heavy atom. The summed E-state index contributed by atoms with van der Waals surface area (Å²) >= 11 is 3.50. The quantitative estimate of drug-likeness (QED) is 0.347. The molecule has 0 amide bonds. The third-order valence-electron chi connectivity index (χ3n) is 3.34. The lowest BCUT2D eigenvalue weighted by Gasteiger charge is -2.14. The summed E-state index contributed by atoms with van der Waals surface area (Å²) in [6.45, 7) is 1.21. The number of ether oxygens (including phenoxy) is 2. The maximum atomic E-state index is 5.36. The molecule has 0 unspecified atom stereocenters. The van der Waals surface area contributed by atoms with Crippen molar-refractivity contribution in [3.8, 4) is 11.5 Å². The first-order valence-electron chi connectivity index (χ1n) is 7.42. The van der Waals surface area contributed by atoms with Gasteiger partial charge in [-0.05, 0) is 45.8 Å². The highest BCUT2D eigenvalue weighted by atomic mass is 127. The summed E-state index contributed by atoms with van der Waals surface area (Å²) in [5, 5.41) is 6.50. The zero-order valence-corrected chi connectivity index (χ0v) is 18.3. The van der Waals surface area contributed by atoms with Gasteiger partial charge in [-0.25, -0.2) is 0 Å². The van der Waals surface area contributed by atoms with E-state index in [4.69, 9.17) is 9.47 Å². The van der Waals surface area contributed by atoms with E-state index in [1.165, 1.54) is 0 Å². The number of hydrogen-bond acceptors (Lipinski definition) is 4. The molecule has 0 aliphatic heterocycles. The van der Waals surface area contributed by atoms with Crippen LogP contribution >= 0.6 is 39.9 Å². The number of benzene rings is 1. The van der Waals surface area contributed by atoms with E-state index in [0.717, 1.165) is 15.7 Å². The SMILES string of the molecule is CN=C(NCc1cc(Br)c(OC)c(OC)c1)NCc1ccccn1.I. The lowest BCUT2D eigenvalue weighted by Crippen LogP contribution is -2.36. The highest BCUT2D eigenvalue weighted by molar-refractivity contribution is 14.0. The van der Waals surface area contributed by atoms with Gasteiger partial charge in [-0.2, -0.15) is 0 Å². The second kappa shape index (κ2) is 11.1. The van der Waals surface area contributed by atoms with E-state index >= 15 is 0 Å². The van der Waals surface area contributed by atoms with E-state index in [0.29, 0.717) is 30.5 Å². The standard InChI is InChI=1S/C17H21BrN4O2.HI/c1-19-17(22-11-13-6-4-5-7-20-13)21-10-12-8-14(18)16(24-3)15(9-12)23-2;/h4-9H,10-11H2,1-3H3,(H2,19,21,22);1H. The first-order valence-corrected chi connectivity index (χ1v) is 8.22. The number of nitrogens with one attached hydrogen (secondary N) is 2. The molecule has 0 radical (unpaired) electrons. The predicted molar refractivity (Wildman–Crippen MR) is 114 cm³/mol. The molecule has 1 aromatic carbocycles. The summed E-state index contributed by atoms with van der Waals surface area (Å²) in [6, 6.07) is 9.74. The number of aliphatic imine (C=N–C) groups is 1. The number of halogens is 2. The van der Waals surface area contributed by atoms with Crippen LogP contribution in [-0.2, 0) is 13.1 Å². The molecule has 0 saturated carbocycles. The highest BCUT2D eigenvalue weighted by Crippen LogP contribution is 2.36. The lowest BCUT2D eigenvalue weighted by atomic mass is 10.2. The van der Waals surface area contributed by atoms with Crippen LogP contribution in [0.3, 0.4) is 0 Å². The Kier molecular flexibility index (Phi) is 9.58. The summed E-state index contributed by atoms with van der Waals surface area (Å²) in [4.78, 5) is 8.49. The fraction of sp³-hybridized carbons (Fsp3) is 0.294. The molecule has 0 saturated heterocycles. The minimum absolute atomic E-state index is 0. The van der Waals surface area contributed by atoms with Crippen LogP contribution in [0.4, 0.5) is 0 Å². The van der Waals surface area contributed by atoms with Crippen LogP contribution in [0, 0.1) is 0 Å². The van der Waals surface area contributed by atoms with Gasteiger partial charge in [-0.3, -0.25) is 9.98 Å². The van der Waals surface area contributed by atoms with Crippen molar-refractivity contribution in [2.24, 2.45) is 4.99 Å². The molecule has 2 rings (SSSR count). The number of rotatable bonds is 6. The van der Waals surface area contributed by atoms with Crippen molar-refractivity contribution in [2.75, 3.05) is 21.3 Å². The average molecular weight is 521 g/mol. The molecule has 0 fully saturated rings. The zero-order valence-electron chi connectivity index (χ0n) is 14.4. The molecular weight excluding hydrogens is 499 g/mol. The van der Waals surface area contributed by atoms with Gasteiger partial charge in [0.1, 0.15) is 0 Å². The Morgan fingerprint density at radius 3 is 2.52 bits per heavy atom. The number of aromatic nitrogens is 1. The molecular formula is C17H22BrIN4O2. The largest absolute Gasteiger partial charge is 0.493 e. The van der Waals surface area contributed by atoms with Gasteiger partial charge in [0.15, 0.2) is 17.5 Å². The molecule has 136 valence electrons. The minimum atomic E-state index is 0. The summed E-state index contributed by atoms with van der Waals surface area (Å²) in [7, 11) is 4.97. The van der Waals surface area contributed by atoms with Crippen LogP contribution in [0.15, 0.2) is 46.0 Å². The molecule has 0 aliphatic carbocycles. The molecule has 8 heteroatoms. The third kappa shape index (κ3) is 6.35. The van der Waals surface area contributed by atoms with Crippen LogP contribution in [0.25, 0.3) is 0 Å². The number of pyridine rings is 1. The van der Waals surface area contributed by atoms with Crippen LogP contribution in [0.5, 0.6) is 11.5 Å². The fourth-order valence-corrected chi connectivity index (χ4v) is 2.81. The Balaban J connectivity index is 0.00000312. The number of hydrogen-bond donors (Lipinski definition) is 2. The molecule has 2 aromatic rings. The molecule has 1 aromatic heterocycles. The molecule has 25 heavy (non-hydrogen) atoms. The Morgan fingerprint density at radius 2 is 1.92 bits per heavy atom. The highest BCUT2D eigenvalue weighted by Gasteiger charge is 2.10. The van der Waals surface area contributed by atoms with E-state index < -0.39 is 0 Å². The third-order valence-corrected chi connectivity index (χ3v) is 3.93. The van der Waals surface area contributed by atoms with Crippen molar-refractivity contribution in [1.29, 1.82) is 0 Å². The number of guanidine groups is 1. The molecule has 0 spiro atoms. The van der Waals surface area contributed by atoms with Gasteiger partial charge in [-0.1, -0.05) is 6.07 Å². The van der Waals surface area contributed by atoms with Crippen molar-refractivity contribution >= 4 is 45.9 Å². The van der Waals surface area contributed by atoms with Crippen molar-refractivity contribution in [1.82, 2.24) is 15.6 Å². The van der Waals surface area contributed by atoms with E-state index in [1.807, 2.05) is 30.3 Å². The van der Waals surface area contributed by atoms with E-state index in [1.54, 1.807) is 27.5 Å². The van der Waals surface area contributed by atoms with Gasteiger partial charge in [-0.15, -0.1) is 24.0 Å². The summed E-state index contributed by atoms with van der Waals surface area (Å²) < 4.78 is 11.5. The van der Waals surface area contributed by atoms with Gasteiger partial charge in [0.05, 0.1) is 30.9 Å². The maximum Gasteiger partial charge on any atom is 0.191 e. The van der Waals surface area contributed by atoms with Crippen LogP contribution < -0.4 is 20.1 Å². The molecule has 0 atom stereocenters. The molecule has 0 aliphatic rings. The zero-order chi connectivity index (χ0) is 17.4. The first-order chi connectivity index (χ1) is 11.7. The van der Waals surface area contributed by atoms with Gasteiger partial charge in [0, 0.05) is 19.8 Å². The first kappa shape index (κ1) is 21.5. The van der Waals surface area contributed by atoms with E-state index in [2.05, 4.69) is 36.5 Å². The summed E-state index contributed by atoms with van der Waals surface area (Å²) in [6.07, 6.45) is 1.77. The van der Waals surface area contributed by atoms with Gasteiger partial charge in [0.25, 0.3) is 0 Å². The summed E-state index contributed by atoms with van der Waals surface area (Å²) in [5.41, 5.74) is 2.00. The minimum Gasteiger partial charge on any atom is -0.493 e. The van der Waals surface area contributed by atoms with Gasteiger partial charge in [0.2, 0.25) is 0 Å². The van der Waals surface area contributed by atoms with Crippen molar-refractivity contribution in [3.05, 3.63) is 52.3 Å². The number of methoxy groups -OCH3 is 2. The molecule has 0 bridgehead atoms. The smallest absolute Gasteiger partial charge is 0.191 e. The number of nitrogens with zero attached hydrogens (tertiary/aromatic N) is 2. The summed E-state index contributed by atoms with van der Waals surface area (Å²) in [5.74, 6) is 2.06. The van der Waals surface area contributed by atoms with Crippen LogP contribution in [-0.4, -0.2) is 32.2 Å². The molecule has 1 heterocycles. The Labute approximate surface area is 173 Å².